The fourth-order valence-electron chi connectivity index (χ4n) is 0.142. The number of rotatable bonds is 3. The van der Waals surface area contributed by atoms with Crippen LogP contribution in [-0.2, 0) is 9.53 Å². The molecule has 0 aliphatic heterocycles. The van der Waals surface area contributed by atoms with Gasteiger partial charge in [-0.05, 0) is 6.37 Å². The molecule has 0 unspecified atom stereocenters. The summed E-state index contributed by atoms with van der Waals surface area (Å²) in [6.45, 7) is -2.35. The zero-order chi connectivity index (χ0) is 10.9. The zero-order valence-electron chi connectivity index (χ0n) is 9.34. The van der Waals surface area contributed by atoms with Gasteiger partial charge in [0.1, 0.15) is 0 Å². The minimum atomic E-state index is -3.04. The maximum Gasteiger partial charge on any atom is 0.305 e. The Labute approximate surface area is 55.3 Å². The van der Waals surface area contributed by atoms with Crippen LogP contribution in [0.2, 0.25) is 0 Å². The summed E-state index contributed by atoms with van der Waals surface area (Å²) in [6, 6.07) is 0. The van der Waals surface area contributed by atoms with Crippen molar-refractivity contribution in [2.45, 2.75) is 12.7 Å². The van der Waals surface area contributed by atoms with Gasteiger partial charge in [-0.1, -0.05) is 0 Å². The first kappa shape index (κ1) is 2.35. The van der Waals surface area contributed by atoms with E-state index in [1.54, 1.807) is 0 Å². The second-order valence-electron chi connectivity index (χ2n) is 0.890. The van der Waals surface area contributed by atoms with Crippen LogP contribution in [0.25, 0.3) is 0 Å². The van der Waals surface area contributed by atoms with Crippen LogP contribution in [0.4, 0.5) is 0 Å². The van der Waals surface area contributed by atoms with Crippen molar-refractivity contribution in [3.8, 4) is 0 Å². The molecular weight excluding hydrogens is 108 g/mol. The molecular formula is C5H10O3. The molecule has 0 bridgehead atoms. The average Bonchev–Trinajstić information content (AvgIpc) is 2.02. The molecule has 0 saturated carbocycles. The normalized spacial score (nSPS) is 25.5. The van der Waals surface area contributed by atoms with Crippen molar-refractivity contribution in [1.82, 2.24) is 0 Å². The molecule has 1 N–H and O–H groups in total. The molecule has 0 spiro atoms. The first-order chi connectivity index (χ1) is 5.67. The van der Waals surface area contributed by atoms with Gasteiger partial charge in [-0.3, -0.25) is 4.79 Å². The number of carbonyl (C=O) groups excluding carboxylic acids is 1. The van der Waals surface area contributed by atoms with Crippen molar-refractivity contribution in [3.63, 3.8) is 0 Å². The fourth-order valence-corrected chi connectivity index (χ4v) is 0.142. The van der Waals surface area contributed by atoms with Gasteiger partial charge in [0, 0.05) is 18.4 Å². The smallest absolute Gasteiger partial charge is 0.305 e. The van der Waals surface area contributed by atoms with Gasteiger partial charge < -0.3 is 9.84 Å². The maximum absolute atomic E-state index is 10.8. The summed E-state index contributed by atoms with van der Waals surface area (Å²) in [5.74, 6) is -1.45. The first-order valence-electron chi connectivity index (χ1n) is 4.44. The Morgan fingerprint density at radius 2 is 2.62 bits per heavy atom. The third-order valence-electron chi connectivity index (χ3n) is 0.424. The lowest BCUT2D eigenvalue weighted by Gasteiger charge is -1.93. The van der Waals surface area contributed by atoms with Crippen LogP contribution in [0.3, 0.4) is 0 Å². The SMILES string of the molecule is [2H][C@@H](O)C([2H])([2H])C([2H])([2H])C(=O)OC. The molecule has 8 heavy (non-hydrogen) atoms. The molecule has 0 aromatic rings. The van der Waals surface area contributed by atoms with Crippen LogP contribution >= 0.6 is 0 Å². The van der Waals surface area contributed by atoms with E-state index in [-0.39, 0.29) is 0 Å². The van der Waals surface area contributed by atoms with Crippen molar-refractivity contribution in [3.05, 3.63) is 0 Å². The predicted octanol–water partition coefficient (Wildman–Crippen LogP) is -0.0681. The van der Waals surface area contributed by atoms with Crippen LogP contribution in [-0.4, -0.2) is 24.8 Å². The number of hydrogen-bond donors (Lipinski definition) is 1. The molecule has 3 nitrogen and oxygen atoms in total. The number of aliphatic hydroxyl groups is 1. The number of aliphatic hydroxyl groups excluding tert-OH is 1. The van der Waals surface area contributed by atoms with E-state index in [9.17, 15) is 4.79 Å². The van der Waals surface area contributed by atoms with Crippen LogP contribution in [0.15, 0.2) is 0 Å². The predicted molar refractivity (Wildman–Crippen MR) is 28.3 cm³/mol. The highest BCUT2D eigenvalue weighted by molar-refractivity contribution is 5.68. The van der Waals surface area contributed by atoms with Gasteiger partial charge in [0.05, 0.1) is 8.48 Å². The highest BCUT2D eigenvalue weighted by Crippen LogP contribution is 1.87. The Morgan fingerprint density at radius 1 is 2.00 bits per heavy atom. The van der Waals surface area contributed by atoms with Gasteiger partial charge in [0.15, 0.2) is 0 Å². The molecule has 0 aliphatic rings. The molecule has 0 heterocycles. The number of esters is 1. The van der Waals surface area contributed by atoms with E-state index in [4.69, 9.17) is 12.0 Å². The van der Waals surface area contributed by atoms with Crippen molar-refractivity contribution < 1.29 is 21.5 Å². The molecule has 0 radical (unpaired) electrons. The molecule has 0 aromatic carbocycles. The summed E-state index contributed by atoms with van der Waals surface area (Å²) >= 11 is 0. The number of ether oxygens (including phenoxy) is 1. The summed E-state index contributed by atoms with van der Waals surface area (Å²) in [7, 11) is 0.895. The van der Waals surface area contributed by atoms with Gasteiger partial charge in [-0.2, -0.15) is 0 Å². The Morgan fingerprint density at radius 3 is 3.00 bits per heavy atom. The first-order valence-corrected chi connectivity index (χ1v) is 1.86. The molecule has 3 heteroatoms. The van der Waals surface area contributed by atoms with Crippen LogP contribution in [0.5, 0.6) is 0 Å². The fraction of sp³-hybridized carbons (Fsp3) is 0.800. The Balaban J connectivity index is 4.91. The standard InChI is InChI=1S/C5H10O3/c1-8-5(7)3-2-4-6/h6H,2-4H2,1H3/i2D2,3D2,4D/t4-/m1/s1. The van der Waals surface area contributed by atoms with E-state index in [0.717, 1.165) is 7.11 Å². The average molecular weight is 123 g/mol. The van der Waals surface area contributed by atoms with E-state index < -0.39 is 25.3 Å². The summed E-state index contributed by atoms with van der Waals surface area (Å²) < 4.78 is 38.6. The van der Waals surface area contributed by atoms with Crippen molar-refractivity contribution in [2.75, 3.05) is 13.7 Å². The van der Waals surface area contributed by atoms with E-state index in [1.807, 2.05) is 0 Å². The topological polar surface area (TPSA) is 46.5 Å². The Hall–Kier alpha value is -0.570. The Kier molecular flexibility index (Phi) is 1.35. The second kappa shape index (κ2) is 4.59. The molecule has 0 aromatic heterocycles. The minimum Gasteiger partial charge on any atom is -0.469 e. The van der Waals surface area contributed by atoms with E-state index in [2.05, 4.69) is 4.74 Å². The van der Waals surface area contributed by atoms with E-state index >= 15 is 0 Å². The summed E-state index contributed by atoms with van der Waals surface area (Å²) in [5, 5.41) is 8.60. The molecule has 0 fully saturated rings. The van der Waals surface area contributed by atoms with E-state index in [1.165, 1.54) is 0 Å². The number of hydrogen-bond acceptors (Lipinski definition) is 3. The highest BCUT2D eigenvalue weighted by Gasteiger charge is 1.95. The quantitative estimate of drug-likeness (QED) is 0.534. The molecule has 0 amide bonds. The van der Waals surface area contributed by atoms with Gasteiger partial charge >= 0.3 is 5.97 Å². The lowest BCUT2D eigenvalue weighted by atomic mass is 10.3. The molecule has 0 rings (SSSR count). The van der Waals surface area contributed by atoms with Gasteiger partial charge in [0.25, 0.3) is 0 Å². The summed E-state index contributed by atoms with van der Waals surface area (Å²) in [5.41, 5.74) is 0. The summed E-state index contributed by atoms with van der Waals surface area (Å²) in [6.07, 6.45) is -6.04. The van der Waals surface area contributed by atoms with Gasteiger partial charge in [-0.15, -0.1) is 0 Å². The minimum absolute atomic E-state index is 0.895. The third kappa shape index (κ3) is 3.61. The molecule has 0 aliphatic carbocycles. The molecule has 1 atom stereocenters. The largest absolute Gasteiger partial charge is 0.469 e. The van der Waals surface area contributed by atoms with Crippen LogP contribution in [0, 0.1) is 0 Å². The van der Waals surface area contributed by atoms with Crippen molar-refractivity contribution >= 4 is 5.97 Å². The van der Waals surface area contributed by atoms with Gasteiger partial charge in [0.2, 0.25) is 0 Å². The Bertz CT molecular complexity index is 202. The highest BCUT2D eigenvalue weighted by atomic mass is 16.5. The lowest BCUT2D eigenvalue weighted by molar-refractivity contribution is -0.140. The van der Waals surface area contributed by atoms with Gasteiger partial charge in [-0.25, -0.2) is 0 Å². The third-order valence-corrected chi connectivity index (χ3v) is 0.424. The monoisotopic (exact) mass is 123 g/mol. The van der Waals surface area contributed by atoms with Crippen LogP contribution < -0.4 is 0 Å². The maximum atomic E-state index is 10.8. The zero-order valence-corrected chi connectivity index (χ0v) is 4.34. The molecule has 48 valence electrons. The van der Waals surface area contributed by atoms with Crippen LogP contribution in [0.1, 0.15) is 19.6 Å². The van der Waals surface area contributed by atoms with E-state index in [0.29, 0.717) is 0 Å². The molecule has 0 saturated heterocycles. The number of methoxy groups -OCH3 is 1. The summed E-state index contributed by atoms with van der Waals surface area (Å²) in [4.78, 5) is 10.8. The van der Waals surface area contributed by atoms with Crippen molar-refractivity contribution in [1.29, 1.82) is 0 Å². The lowest BCUT2D eigenvalue weighted by Crippen LogP contribution is -2.00. The van der Waals surface area contributed by atoms with Crippen molar-refractivity contribution in [2.24, 2.45) is 0 Å². The number of carbonyl (C=O) groups is 1. The second-order valence-corrected chi connectivity index (χ2v) is 0.890.